The predicted octanol–water partition coefficient (Wildman–Crippen LogP) is 5.13. The van der Waals surface area contributed by atoms with Gasteiger partial charge in [-0.05, 0) is 55.8 Å². The SMILES string of the molecule is C#Cc1c(F)ccc2cc(O)cc(-c3ncc4c(N5CCOC6(CC6)C5)nc(OC[C@@]56CCCN5C[C@H](F)C6)nc4c3F)c12. The molecule has 0 amide bonds. The molecule has 4 fully saturated rings. The average molecular weight is 602 g/mol. The highest BCUT2D eigenvalue weighted by molar-refractivity contribution is 6.03. The summed E-state index contributed by atoms with van der Waals surface area (Å²) in [7, 11) is 0. The summed E-state index contributed by atoms with van der Waals surface area (Å²) in [6.07, 6.45) is 10.3. The Balaban J connectivity index is 1.28. The molecule has 11 heteroatoms. The number of benzene rings is 2. The lowest BCUT2D eigenvalue weighted by molar-refractivity contribution is 0.0204. The number of halogens is 3. The highest BCUT2D eigenvalue weighted by Crippen LogP contribution is 2.45. The van der Waals surface area contributed by atoms with Gasteiger partial charge in [-0.3, -0.25) is 9.88 Å². The second-order valence-electron chi connectivity index (χ2n) is 12.5. The first kappa shape index (κ1) is 27.4. The van der Waals surface area contributed by atoms with E-state index in [9.17, 15) is 13.9 Å². The molecule has 8 rings (SSSR count). The lowest BCUT2D eigenvalue weighted by Gasteiger charge is -2.35. The lowest BCUT2D eigenvalue weighted by atomic mass is 9.95. The lowest BCUT2D eigenvalue weighted by Crippen LogP contribution is -2.45. The summed E-state index contributed by atoms with van der Waals surface area (Å²) in [5.74, 6) is 1.26. The third-order valence-corrected chi connectivity index (χ3v) is 9.68. The van der Waals surface area contributed by atoms with Crippen LogP contribution in [0.25, 0.3) is 32.9 Å². The zero-order valence-corrected chi connectivity index (χ0v) is 24.0. The minimum atomic E-state index is -0.920. The first-order valence-corrected chi connectivity index (χ1v) is 15.0. The number of morpholine rings is 1. The zero-order valence-electron chi connectivity index (χ0n) is 24.0. The fraction of sp³-hybridized carbons (Fsp3) is 0.424. The number of alkyl halides is 1. The summed E-state index contributed by atoms with van der Waals surface area (Å²) in [5, 5.41) is 11.6. The molecule has 3 saturated heterocycles. The van der Waals surface area contributed by atoms with Crippen LogP contribution in [0.15, 0.2) is 30.5 Å². The number of terminal acetylenes is 1. The van der Waals surface area contributed by atoms with Crippen molar-refractivity contribution in [1.82, 2.24) is 19.9 Å². The number of fused-ring (bicyclic) bond motifs is 3. The van der Waals surface area contributed by atoms with Crippen LogP contribution in [0, 0.1) is 24.0 Å². The minimum absolute atomic E-state index is 0.0143. The smallest absolute Gasteiger partial charge is 0.319 e. The third-order valence-electron chi connectivity index (χ3n) is 9.68. The fourth-order valence-corrected chi connectivity index (χ4v) is 7.38. The molecule has 3 aliphatic heterocycles. The Kier molecular flexibility index (Phi) is 6.19. The second kappa shape index (κ2) is 9.94. The standard InChI is InChI=1S/C33H30F3N5O3/c1-2-22-25(35)5-4-19-12-21(42)13-23(26(19)22)28-27(36)29-24(15-37-28)30(40-10-11-44-33(17-40)7-8-33)39-31(38-29)43-18-32-6-3-9-41(32)16-20(34)14-32/h1,4-5,12-13,15,20,42H,3,6-11,14,16-18H2/t20-,32+/m1/s1. The minimum Gasteiger partial charge on any atom is -0.508 e. The van der Waals surface area contributed by atoms with E-state index in [1.165, 1.54) is 30.5 Å². The van der Waals surface area contributed by atoms with Gasteiger partial charge in [0.2, 0.25) is 0 Å². The number of ether oxygens (including phenoxy) is 2. The van der Waals surface area contributed by atoms with Gasteiger partial charge in [-0.25, -0.2) is 13.2 Å². The summed E-state index contributed by atoms with van der Waals surface area (Å²) in [5.41, 5.74) is -0.768. The molecule has 5 heterocycles. The number of hydrogen-bond acceptors (Lipinski definition) is 8. The molecule has 0 unspecified atom stereocenters. The maximum Gasteiger partial charge on any atom is 0.319 e. The van der Waals surface area contributed by atoms with E-state index in [1.807, 2.05) is 0 Å². The van der Waals surface area contributed by atoms with Crippen molar-refractivity contribution < 1.29 is 27.8 Å². The predicted molar refractivity (Wildman–Crippen MR) is 158 cm³/mol. The Labute approximate surface area is 251 Å². The van der Waals surface area contributed by atoms with Crippen molar-refractivity contribution >= 4 is 27.5 Å². The van der Waals surface area contributed by atoms with Gasteiger partial charge >= 0.3 is 6.01 Å². The van der Waals surface area contributed by atoms with Gasteiger partial charge in [0, 0.05) is 43.2 Å². The molecular formula is C33H30F3N5O3. The molecule has 1 saturated carbocycles. The first-order chi connectivity index (χ1) is 21.3. The molecule has 44 heavy (non-hydrogen) atoms. The maximum absolute atomic E-state index is 16.7. The normalized spacial score (nSPS) is 24.2. The quantitative estimate of drug-likeness (QED) is 0.315. The molecule has 0 bridgehead atoms. The molecular weight excluding hydrogens is 571 g/mol. The molecule has 4 aromatic rings. The van der Waals surface area contributed by atoms with Crippen LogP contribution in [0.2, 0.25) is 0 Å². The van der Waals surface area contributed by atoms with Gasteiger partial charge < -0.3 is 19.5 Å². The van der Waals surface area contributed by atoms with E-state index < -0.39 is 23.3 Å². The number of aromatic nitrogens is 3. The van der Waals surface area contributed by atoms with E-state index in [2.05, 4.69) is 25.7 Å². The highest BCUT2D eigenvalue weighted by Gasteiger charge is 2.50. The van der Waals surface area contributed by atoms with E-state index >= 15 is 4.39 Å². The van der Waals surface area contributed by atoms with Crippen LogP contribution in [0.5, 0.6) is 11.8 Å². The monoisotopic (exact) mass is 601 g/mol. The molecule has 226 valence electrons. The number of anilines is 1. The van der Waals surface area contributed by atoms with E-state index in [1.54, 1.807) is 0 Å². The molecule has 2 aromatic heterocycles. The summed E-state index contributed by atoms with van der Waals surface area (Å²) >= 11 is 0. The van der Waals surface area contributed by atoms with Crippen molar-refractivity contribution in [3.8, 4) is 35.4 Å². The number of aromatic hydroxyl groups is 1. The number of pyridine rings is 1. The van der Waals surface area contributed by atoms with Crippen LogP contribution < -0.4 is 9.64 Å². The van der Waals surface area contributed by atoms with Gasteiger partial charge in [-0.15, -0.1) is 6.42 Å². The fourth-order valence-electron chi connectivity index (χ4n) is 7.38. The maximum atomic E-state index is 16.7. The van der Waals surface area contributed by atoms with E-state index in [0.717, 1.165) is 32.2 Å². The molecule has 4 aliphatic rings. The number of hydrogen-bond donors (Lipinski definition) is 1. The largest absolute Gasteiger partial charge is 0.508 e. The molecule has 1 aliphatic carbocycles. The molecule has 2 atom stereocenters. The van der Waals surface area contributed by atoms with Crippen molar-refractivity contribution in [3.05, 3.63) is 47.7 Å². The van der Waals surface area contributed by atoms with Crippen LogP contribution in [0.3, 0.4) is 0 Å². The number of rotatable bonds is 5. The van der Waals surface area contributed by atoms with Crippen molar-refractivity contribution in [2.75, 3.05) is 44.3 Å². The average Bonchev–Trinajstić information content (AvgIpc) is 3.51. The van der Waals surface area contributed by atoms with E-state index in [4.69, 9.17) is 20.9 Å². The van der Waals surface area contributed by atoms with Crippen molar-refractivity contribution in [2.45, 2.75) is 49.4 Å². The van der Waals surface area contributed by atoms with Crippen LogP contribution in [0.4, 0.5) is 19.0 Å². The van der Waals surface area contributed by atoms with Crippen molar-refractivity contribution in [3.63, 3.8) is 0 Å². The number of phenols is 1. The zero-order chi connectivity index (χ0) is 30.2. The first-order valence-electron chi connectivity index (χ1n) is 15.0. The van der Waals surface area contributed by atoms with Crippen LogP contribution in [0.1, 0.15) is 37.7 Å². The van der Waals surface area contributed by atoms with Crippen LogP contribution >= 0.6 is 0 Å². The molecule has 0 radical (unpaired) electrons. The van der Waals surface area contributed by atoms with Gasteiger partial charge in [-0.1, -0.05) is 12.0 Å². The Morgan fingerprint density at radius 3 is 2.84 bits per heavy atom. The molecule has 8 nitrogen and oxygen atoms in total. The Morgan fingerprint density at radius 1 is 1.16 bits per heavy atom. The van der Waals surface area contributed by atoms with E-state index in [0.29, 0.717) is 49.3 Å². The Morgan fingerprint density at radius 2 is 2.02 bits per heavy atom. The van der Waals surface area contributed by atoms with Gasteiger partial charge in [0.1, 0.15) is 41.4 Å². The molecule has 1 spiro atoms. The Hall–Kier alpha value is -4.14. The van der Waals surface area contributed by atoms with Crippen molar-refractivity contribution in [2.24, 2.45) is 0 Å². The topological polar surface area (TPSA) is 83.8 Å². The van der Waals surface area contributed by atoms with Gasteiger partial charge in [0.15, 0.2) is 5.82 Å². The number of nitrogens with zero attached hydrogens (tertiary/aromatic N) is 5. The van der Waals surface area contributed by atoms with Gasteiger partial charge in [0.25, 0.3) is 0 Å². The summed E-state index contributed by atoms with van der Waals surface area (Å²) in [6.45, 7) is 3.01. The second-order valence-corrected chi connectivity index (χ2v) is 12.5. The highest BCUT2D eigenvalue weighted by atomic mass is 19.1. The molecule has 1 N–H and O–H groups in total. The van der Waals surface area contributed by atoms with Crippen LogP contribution in [-0.2, 0) is 4.74 Å². The summed E-state index contributed by atoms with van der Waals surface area (Å²) in [6, 6.07) is 5.43. The van der Waals surface area contributed by atoms with Crippen molar-refractivity contribution in [1.29, 1.82) is 0 Å². The van der Waals surface area contributed by atoms with Crippen LogP contribution in [-0.4, -0.2) is 81.7 Å². The van der Waals surface area contributed by atoms with Gasteiger partial charge in [0.05, 0.1) is 28.7 Å². The Bertz CT molecular complexity index is 1880. The third kappa shape index (κ3) is 4.34. The number of phenolic OH excluding ortho intramolecular Hbond substituents is 1. The van der Waals surface area contributed by atoms with E-state index in [-0.39, 0.29) is 51.7 Å². The summed E-state index contributed by atoms with van der Waals surface area (Å²) < 4.78 is 58.1. The molecule has 2 aromatic carbocycles. The van der Waals surface area contributed by atoms with Gasteiger partial charge in [-0.2, -0.15) is 9.97 Å². The summed E-state index contributed by atoms with van der Waals surface area (Å²) in [4.78, 5) is 17.9.